The molecule has 7 heteroatoms. The molecule has 2 atom stereocenters. The Kier molecular flexibility index (Phi) is 4.30. The quantitative estimate of drug-likeness (QED) is 0.660. The van der Waals surface area contributed by atoms with Crippen LogP contribution in [0.1, 0.15) is 24.8 Å². The Bertz CT molecular complexity index is 616. The van der Waals surface area contributed by atoms with E-state index in [1.165, 1.54) is 12.1 Å². The van der Waals surface area contributed by atoms with Gasteiger partial charge in [0.1, 0.15) is 11.7 Å². The van der Waals surface area contributed by atoms with Crippen LogP contribution in [-0.2, 0) is 14.9 Å². The lowest BCUT2D eigenvalue weighted by Crippen LogP contribution is -2.45. The van der Waals surface area contributed by atoms with Gasteiger partial charge in [-0.1, -0.05) is 12.1 Å². The molecule has 0 spiro atoms. The molecule has 3 rings (SSSR count). The molecule has 2 fully saturated rings. The average Bonchev–Trinajstić information content (AvgIpc) is 3.34. The smallest absolute Gasteiger partial charge is 0.230 e. The molecule has 6 nitrogen and oxygen atoms in total. The number of carbonyl (C=O) groups is 1. The van der Waals surface area contributed by atoms with Crippen molar-refractivity contribution in [2.45, 2.75) is 30.7 Å². The molecule has 2 aliphatic rings. The van der Waals surface area contributed by atoms with E-state index in [9.17, 15) is 19.3 Å². The van der Waals surface area contributed by atoms with E-state index in [2.05, 4.69) is 5.32 Å². The lowest BCUT2D eigenvalue weighted by Gasteiger charge is -2.38. The number of nitro groups is 1. The van der Waals surface area contributed by atoms with Crippen LogP contribution in [0.3, 0.4) is 0 Å². The first-order valence-electron chi connectivity index (χ1n) is 7.77. The van der Waals surface area contributed by atoms with Crippen molar-refractivity contribution in [3.8, 4) is 0 Å². The maximum Gasteiger partial charge on any atom is 0.230 e. The SMILES string of the molecule is O=C(NCC1(c2cccc(F)c2)CCOCC1)[C@H]1C[C@@H]1[N+](=O)[O-]. The molecule has 0 bridgehead atoms. The summed E-state index contributed by atoms with van der Waals surface area (Å²) in [5.74, 6) is -1.13. The van der Waals surface area contributed by atoms with Gasteiger partial charge in [-0.3, -0.25) is 14.9 Å². The first kappa shape index (κ1) is 15.9. The van der Waals surface area contributed by atoms with Crippen molar-refractivity contribution < 1.29 is 18.8 Å². The largest absolute Gasteiger partial charge is 0.381 e. The fraction of sp³-hybridized carbons (Fsp3) is 0.562. The van der Waals surface area contributed by atoms with Crippen LogP contribution in [0.15, 0.2) is 24.3 Å². The van der Waals surface area contributed by atoms with Crippen LogP contribution in [0, 0.1) is 21.8 Å². The predicted octanol–water partition coefficient (Wildman–Crippen LogP) is 1.66. The average molecular weight is 322 g/mol. The van der Waals surface area contributed by atoms with Gasteiger partial charge in [0, 0.05) is 36.5 Å². The van der Waals surface area contributed by atoms with Crippen molar-refractivity contribution in [3.63, 3.8) is 0 Å². The number of rotatable bonds is 5. The zero-order valence-corrected chi connectivity index (χ0v) is 12.7. The van der Waals surface area contributed by atoms with Gasteiger partial charge in [0.2, 0.25) is 11.9 Å². The van der Waals surface area contributed by atoms with E-state index >= 15 is 0 Å². The zero-order valence-electron chi connectivity index (χ0n) is 12.7. The number of halogens is 1. The molecular weight excluding hydrogens is 303 g/mol. The summed E-state index contributed by atoms with van der Waals surface area (Å²) in [5.41, 5.74) is 0.456. The minimum atomic E-state index is -0.755. The van der Waals surface area contributed by atoms with E-state index in [-0.39, 0.29) is 17.1 Å². The molecule has 1 saturated heterocycles. The lowest BCUT2D eigenvalue weighted by molar-refractivity contribution is -0.497. The third-order valence-corrected chi connectivity index (χ3v) is 4.85. The first-order chi connectivity index (χ1) is 11.0. The number of benzene rings is 1. The van der Waals surface area contributed by atoms with Crippen molar-refractivity contribution in [3.05, 3.63) is 45.8 Å². The van der Waals surface area contributed by atoms with Crippen molar-refractivity contribution in [1.82, 2.24) is 5.32 Å². The van der Waals surface area contributed by atoms with Crippen molar-refractivity contribution in [1.29, 1.82) is 0 Å². The highest BCUT2D eigenvalue weighted by Gasteiger charge is 2.53. The highest BCUT2D eigenvalue weighted by molar-refractivity contribution is 5.82. The Morgan fingerprint density at radius 1 is 1.43 bits per heavy atom. The Morgan fingerprint density at radius 2 is 2.17 bits per heavy atom. The fourth-order valence-corrected chi connectivity index (χ4v) is 3.23. The Morgan fingerprint density at radius 3 is 2.78 bits per heavy atom. The van der Waals surface area contributed by atoms with E-state index in [0.717, 1.165) is 5.56 Å². The van der Waals surface area contributed by atoms with Crippen LogP contribution in [0.4, 0.5) is 4.39 Å². The highest BCUT2D eigenvalue weighted by Crippen LogP contribution is 2.36. The minimum absolute atomic E-state index is 0.283. The molecule has 0 unspecified atom stereocenters. The van der Waals surface area contributed by atoms with Crippen LogP contribution < -0.4 is 5.32 Å². The summed E-state index contributed by atoms with van der Waals surface area (Å²) in [4.78, 5) is 22.4. The van der Waals surface area contributed by atoms with Crippen LogP contribution in [0.25, 0.3) is 0 Å². The molecule has 1 aliphatic heterocycles. The maximum absolute atomic E-state index is 13.6. The number of nitrogens with zero attached hydrogens (tertiary/aromatic N) is 1. The third-order valence-electron chi connectivity index (χ3n) is 4.85. The molecule has 23 heavy (non-hydrogen) atoms. The number of nitrogens with one attached hydrogen (secondary N) is 1. The van der Waals surface area contributed by atoms with E-state index in [4.69, 9.17) is 4.74 Å². The molecule has 124 valence electrons. The van der Waals surface area contributed by atoms with Gasteiger partial charge in [-0.2, -0.15) is 0 Å². The summed E-state index contributed by atoms with van der Waals surface area (Å²) < 4.78 is 19.0. The number of hydrogen-bond donors (Lipinski definition) is 1. The Labute approximate surface area is 133 Å². The summed E-state index contributed by atoms with van der Waals surface area (Å²) in [5, 5.41) is 13.5. The van der Waals surface area contributed by atoms with Gasteiger partial charge in [-0.05, 0) is 30.5 Å². The molecular formula is C16H19FN2O4. The molecule has 1 amide bonds. The topological polar surface area (TPSA) is 81.5 Å². The fourth-order valence-electron chi connectivity index (χ4n) is 3.23. The van der Waals surface area contributed by atoms with Crippen LogP contribution in [0.2, 0.25) is 0 Å². The summed E-state index contributed by atoms with van der Waals surface area (Å²) in [6.07, 6.45) is 1.66. The van der Waals surface area contributed by atoms with E-state index in [1.807, 2.05) is 6.07 Å². The second-order valence-corrected chi connectivity index (χ2v) is 6.32. The number of ether oxygens (including phenoxy) is 1. The second-order valence-electron chi connectivity index (χ2n) is 6.32. The normalized spacial score (nSPS) is 25.6. The lowest BCUT2D eigenvalue weighted by atomic mass is 9.74. The van der Waals surface area contributed by atoms with E-state index in [0.29, 0.717) is 39.0 Å². The Balaban J connectivity index is 1.70. The molecule has 1 aromatic carbocycles. The minimum Gasteiger partial charge on any atom is -0.381 e. The highest BCUT2D eigenvalue weighted by atomic mass is 19.1. The molecule has 0 aromatic heterocycles. The van der Waals surface area contributed by atoms with Gasteiger partial charge in [0.15, 0.2) is 0 Å². The van der Waals surface area contributed by atoms with Crippen LogP contribution >= 0.6 is 0 Å². The summed E-state index contributed by atoms with van der Waals surface area (Å²) in [7, 11) is 0. The third kappa shape index (κ3) is 3.34. The Hall–Kier alpha value is -2.02. The van der Waals surface area contributed by atoms with Gasteiger partial charge in [-0.15, -0.1) is 0 Å². The van der Waals surface area contributed by atoms with Crippen LogP contribution in [0.5, 0.6) is 0 Å². The predicted molar refractivity (Wildman–Crippen MR) is 80.0 cm³/mol. The van der Waals surface area contributed by atoms with E-state index in [1.54, 1.807) is 6.07 Å². The van der Waals surface area contributed by atoms with Gasteiger partial charge in [-0.25, -0.2) is 4.39 Å². The van der Waals surface area contributed by atoms with Gasteiger partial charge in [0.05, 0.1) is 0 Å². The molecule has 1 N–H and O–H groups in total. The first-order valence-corrected chi connectivity index (χ1v) is 7.77. The zero-order chi connectivity index (χ0) is 16.4. The molecule has 1 saturated carbocycles. The van der Waals surface area contributed by atoms with Gasteiger partial charge in [0.25, 0.3) is 0 Å². The van der Waals surface area contributed by atoms with Gasteiger partial charge >= 0.3 is 0 Å². The van der Waals surface area contributed by atoms with Crippen LogP contribution in [-0.4, -0.2) is 36.6 Å². The van der Waals surface area contributed by atoms with Gasteiger partial charge < -0.3 is 10.1 Å². The second kappa shape index (κ2) is 6.23. The number of hydrogen-bond acceptors (Lipinski definition) is 4. The van der Waals surface area contributed by atoms with Crippen molar-refractivity contribution in [2.75, 3.05) is 19.8 Å². The van der Waals surface area contributed by atoms with E-state index < -0.39 is 16.9 Å². The maximum atomic E-state index is 13.6. The summed E-state index contributed by atoms with van der Waals surface area (Å²) >= 11 is 0. The number of amides is 1. The molecule has 1 aromatic rings. The number of carbonyl (C=O) groups excluding carboxylic acids is 1. The molecule has 1 heterocycles. The molecule has 1 aliphatic carbocycles. The van der Waals surface area contributed by atoms with Crippen molar-refractivity contribution >= 4 is 5.91 Å². The van der Waals surface area contributed by atoms with Crippen molar-refractivity contribution in [2.24, 2.45) is 5.92 Å². The standard InChI is InChI=1S/C16H19FN2O4/c17-12-3-1-2-11(8-12)16(4-6-23-7-5-16)10-18-15(20)13-9-14(13)19(21)22/h1-3,8,13-14H,4-7,9-10H2,(H,18,20)/t13-,14-/m0/s1. The summed E-state index contributed by atoms with van der Waals surface area (Å²) in [6.45, 7) is 1.44. The monoisotopic (exact) mass is 322 g/mol. The summed E-state index contributed by atoms with van der Waals surface area (Å²) in [6, 6.07) is 5.65. The molecule has 0 radical (unpaired) electrons.